The molecule has 112 valence electrons. The Hall–Kier alpha value is -1.11. The molecule has 0 atom stereocenters. The SMILES string of the molecule is Cc1cc(S(N)(=O)=O)cc(NC(=O)C(C)(C)CCl)c1C. The number of hydrogen-bond donors (Lipinski definition) is 2. The molecule has 0 aliphatic carbocycles. The topological polar surface area (TPSA) is 89.3 Å². The summed E-state index contributed by atoms with van der Waals surface area (Å²) in [5.74, 6) is -0.118. The van der Waals surface area contributed by atoms with Gasteiger partial charge in [0.15, 0.2) is 0 Å². The molecule has 0 aliphatic rings. The first kappa shape index (κ1) is 16.9. The Bertz CT molecular complexity index is 639. The predicted octanol–water partition coefficient (Wildman–Crippen LogP) is 2.15. The van der Waals surface area contributed by atoms with E-state index in [2.05, 4.69) is 5.32 Å². The molecule has 0 radical (unpaired) electrons. The van der Waals surface area contributed by atoms with Gasteiger partial charge in [-0.05, 0) is 51.0 Å². The van der Waals surface area contributed by atoms with E-state index in [-0.39, 0.29) is 16.7 Å². The van der Waals surface area contributed by atoms with Gasteiger partial charge in [0.05, 0.1) is 10.3 Å². The van der Waals surface area contributed by atoms with E-state index in [4.69, 9.17) is 16.7 Å². The molecular formula is C13H19ClN2O3S. The fraction of sp³-hybridized carbons (Fsp3) is 0.462. The summed E-state index contributed by atoms with van der Waals surface area (Å²) in [6.45, 7) is 6.97. The summed E-state index contributed by atoms with van der Waals surface area (Å²) >= 11 is 5.75. The average molecular weight is 319 g/mol. The lowest BCUT2D eigenvalue weighted by Crippen LogP contribution is -2.32. The van der Waals surface area contributed by atoms with E-state index in [1.54, 1.807) is 27.7 Å². The molecule has 20 heavy (non-hydrogen) atoms. The molecule has 7 heteroatoms. The number of halogens is 1. The molecule has 1 amide bonds. The van der Waals surface area contributed by atoms with Crippen molar-refractivity contribution in [2.75, 3.05) is 11.2 Å². The Morgan fingerprint density at radius 1 is 1.35 bits per heavy atom. The van der Waals surface area contributed by atoms with Gasteiger partial charge in [0, 0.05) is 11.6 Å². The molecule has 0 unspecified atom stereocenters. The number of hydrogen-bond acceptors (Lipinski definition) is 3. The maximum Gasteiger partial charge on any atom is 0.238 e. The number of alkyl halides is 1. The van der Waals surface area contributed by atoms with Gasteiger partial charge in [-0.25, -0.2) is 13.6 Å². The fourth-order valence-corrected chi connectivity index (χ4v) is 2.22. The minimum atomic E-state index is -3.82. The first-order chi connectivity index (χ1) is 8.99. The van der Waals surface area contributed by atoms with Crippen LogP contribution >= 0.6 is 11.6 Å². The molecule has 1 aromatic carbocycles. The van der Waals surface area contributed by atoms with E-state index in [1.807, 2.05) is 0 Å². The van der Waals surface area contributed by atoms with E-state index in [9.17, 15) is 13.2 Å². The number of nitrogens with one attached hydrogen (secondary N) is 1. The number of rotatable bonds is 4. The van der Waals surface area contributed by atoms with Crippen molar-refractivity contribution < 1.29 is 13.2 Å². The number of carbonyl (C=O) groups excluding carboxylic acids is 1. The summed E-state index contributed by atoms with van der Waals surface area (Å²) in [6, 6.07) is 2.84. The third kappa shape index (κ3) is 3.71. The quantitative estimate of drug-likeness (QED) is 0.834. The summed E-state index contributed by atoms with van der Waals surface area (Å²) in [4.78, 5) is 12.1. The number of sulfonamides is 1. The summed E-state index contributed by atoms with van der Waals surface area (Å²) in [5.41, 5.74) is 1.20. The molecule has 0 saturated heterocycles. The Labute approximate surface area is 124 Å². The van der Waals surface area contributed by atoms with Crippen LogP contribution in [0.5, 0.6) is 0 Å². The van der Waals surface area contributed by atoms with E-state index in [0.29, 0.717) is 5.69 Å². The Balaban J connectivity index is 3.26. The van der Waals surface area contributed by atoms with Crippen LogP contribution in [0, 0.1) is 19.3 Å². The lowest BCUT2D eigenvalue weighted by atomic mass is 9.95. The highest BCUT2D eigenvalue weighted by atomic mass is 35.5. The first-order valence-electron chi connectivity index (χ1n) is 6.00. The maximum atomic E-state index is 12.1. The first-order valence-corrected chi connectivity index (χ1v) is 8.08. The molecule has 0 aromatic heterocycles. The Morgan fingerprint density at radius 3 is 2.35 bits per heavy atom. The van der Waals surface area contributed by atoms with Crippen molar-refractivity contribution in [3.8, 4) is 0 Å². The molecule has 0 heterocycles. The largest absolute Gasteiger partial charge is 0.325 e. The highest BCUT2D eigenvalue weighted by Gasteiger charge is 2.27. The number of carbonyl (C=O) groups is 1. The molecule has 0 spiro atoms. The normalized spacial score (nSPS) is 12.3. The van der Waals surface area contributed by atoms with Crippen molar-refractivity contribution in [1.29, 1.82) is 0 Å². The molecule has 1 rings (SSSR count). The second-order valence-corrected chi connectivity index (χ2v) is 7.26. The van der Waals surface area contributed by atoms with Crippen LogP contribution in [-0.2, 0) is 14.8 Å². The van der Waals surface area contributed by atoms with Crippen LogP contribution in [0.3, 0.4) is 0 Å². The predicted molar refractivity (Wildman–Crippen MR) is 80.4 cm³/mol. The number of anilines is 1. The minimum absolute atomic E-state index is 0.0282. The van der Waals surface area contributed by atoms with Crippen molar-refractivity contribution in [3.63, 3.8) is 0 Å². The standard InChI is InChI=1S/C13H19ClN2O3S/c1-8-5-10(20(15,18)19)6-11(9(8)2)16-12(17)13(3,4)7-14/h5-6H,7H2,1-4H3,(H,16,17)(H2,15,18,19). The Kier molecular flexibility index (Phi) is 4.84. The van der Waals surface area contributed by atoms with Gasteiger partial charge in [0.25, 0.3) is 0 Å². The van der Waals surface area contributed by atoms with Crippen molar-refractivity contribution in [2.45, 2.75) is 32.6 Å². The third-order valence-electron chi connectivity index (χ3n) is 3.17. The van der Waals surface area contributed by atoms with Crippen LogP contribution in [0.15, 0.2) is 17.0 Å². The van der Waals surface area contributed by atoms with Gasteiger partial charge < -0.3 is 5.32 Å². The van der Waals surface area contributed by atoms with Gasteiger partial charge in [0.1, 0.15) is 0 Å². The van der Waals surface area contributed by atoms with Gasteiger partial charge in [-0.1, -0.05) is 0 Å². The van der Waals surface area contributed by atoms with E-state index < -0.39 is 15.4 Å². The van der Waals surface area contributed by atoms with Gasteiger partial charge >= 0.3 is 0 Å². The summed E-state index contributed by atoms with van der Waals surface area (Å²) in [7, 11) is -3.82. The van der Waals surface area contributed by atoms with E-state index in [1.165, 1.54) is 12.1 Å². The van der Waals surface area contributed by atoms with Gasteiger partial charge in [-0.3, -0.25) is 4.79 Å². The van der Waals surface area contributed by atoms with Gasteiger partial charge in [-0.2, -0.15) is 0 Å². The van der Waals surface area contributed by atoms with Gasteiger partial charge in [0.2, 0.25) is 15.9 Å². The van der Waals surface area contributed by atoms with E-state index >= 15 is 0 Å². The number of primary sulfonamides is 1. The number of aryl methyl sites for hydroxylation is 1. The minimum Gasteiger partial charge on any atom is -0.325 e. The number of nitrogens with two attached hydrogens (primary N) is 1. The van der Waals surface area contributed by atoms with Crippen molar-refractivity contribution in [1.82, 2.24) is 0 Å². The monoisotopic (exact) mass is 318 g/mol. The van der Waals surface area contributed by atoms with Crippen LogP contribution in [-0.4, -0.2) is 20.2 Å². The summed E-state index contributed by atoms with van der Waals surface area (Å²) in [6.07, 6.45) is 0. The second kappa shape index (κ2) is 5.71. The van der Waals surface area contributed by atoms with Crippen molar-refractivity contribution in [3.05, 3.63) is 23.3 Å². The van der Waals surface area contributed by atoms with Crippen LogP contribution in [0.25, 0.3) is 0 Å². The molecular weight excluding hydrogens is 300 g/mol. The van der Waals surface area contributed by atoms with Crippen LogP contribution in [0.4, 0.5) is 5.69 Å². The summed E-state index contributed by atoms with van der Waals surface area (Å²) < 4.78 is 22.9. The number of benzene rings is 1. The zero-order valence-electron chi connectivity index (χ0n) is 12.0. The number of amides is 1. The second-order valence-electron chi connectivity index (χ2n) is 5.43. The lowest BCUT2D eigenvalue weighted by molar-refractivity contribution is -0.122. The summed E-state index contributed by atoms with van der Waals surface area (Å²) in [5, 5.41) is 7.84. The zero-order valence-corrected chi connectivity index (χ0v) is 13.5. The molecule has 1 aromatic rings. The highest BCUT2D eigenvalue weighted by Crippen LogP contribution is 2.26. The highest BCUT2D eigenvalue weighted by molar-refractivity contribution is 7.89. The van der Waals surface area contributed by atoms with Crippen LogP contribution in [0.1, 0.15) is 25.0 Å². The molecule has 0 saturated carbocycles. The van der Waals surface area contributed by atoms with Crippen molar-refractivity contribution >= 4 is 33.2 Å². The molecule has 0 aliphatic heterocycles. The van der Waals surface area contributed by atoms with Crippen molar-refractivity contribution in [2.24, 2.45) is 10.6 Å². The maximum absolute atomic E-state index is 12.1. The Morgan fingerprint density at radius 2 is 1.90 bits per heavy atom. The molecule has 0 fully saturated rings. The van der Waals surface area contributed by atoms with E-state index in [0.717, 1.165) is 11.1 Å². The lowest BCUT2D eigenvalue weighted by Gasteiger charge is -2.22. The molecule has 0 bridgehead atoms. The third-order valence-corrected chi connectivity index (χ3v) is 4.73. The average Bonchev–Trinajstić information content (AvgIpc) is 2.33. The van der Waals surface area contributed by atoms with Gasteiger partial charge in [-0.15, -0.1) is 11.6 Å². The molecule has 5 nitrogen and oxygen atoms in total. The molecule has 3 N–H and O–H groups in total. The van der Waals surface area contributed by atoms with Crippen LogP contribution < -0.4 is 10.5 Å². The fourth-order valence-electron chi connectivity index (χ4n) is 1.47. The van der Waals surface area contributed by atoms with Crippen LogP contribution in [0.2, 0.25) is 0 Å². The zero-order chi connectivity index (χ0) is 15.7. The smallest absolute Gasteiger partial charge is 0.238 e.